The predicted octanol–water partition coefficient (Wildman–Crippen LogP) is 0.910. The molecule has 1 aromatic carbocycles. The topological polar surface area (TPSA) is 58.6 Å². The van der Waals surface area contributed by atoms with E-state index < -0.39 is 0 Å². The number of hydrogen-bond donors (Lipinski definition) is 2. The maximum absolute atomic E-state index is 11.5. The van der Waals surface area contributed by atoms with E-state index in [0.29, 0.717) is 17.1 Å². The highest BCUT2D eigenvalue weighted by Crippen LogP contribution is 2.31. The number of nitrogens with zero attached hydrogens (tertiary/aromatic N) is 1. The number of amides is 2. The van der Waals surface area contributed by atoms with Crippen molar-refractivity contribution < 1.29 is 14.3 Å². The zero-order valence-corrected chi connectivity index (χ0v) is 10.2. The highest BCUT2D eigenvalue weighted by Gasteiger charge is 2.18. The van der Waals surface area contributed by atoms with Gasteiger partial charge in [-0.2, -0.15) is 12.6 Å². The summed E-state index contributed by atoms with van der Waals surface area (Å²) in [6.07, 6.45) is 0. The van der Waals surface area contributed by atoms with Crippen molar-refractivity contribution in [3.05, 3.63) is 18.2 Å². The highest BCUT2D eigenvalue weighted by atomic mass is 32.1. The maximum atomic E-state index is 11.5. The zero-order valence-electron chi connectivity index (χ0n) is 9.27. The number of anilines is 2. The number of thiol groups is 1. The number of carbonyl (C=O) groups excluding carboxylic acids is 2. The molecule has 17 heavy (non-hydrogen) atoms. The van der Waals surface area contributed by atoms with Crippen molar-refractivity contribution in [2.24, 2.45) is 0 Å². The quantitative estimate of drug-likeness (QED) is 0.769. The number of fused-ring (bicyclic) bond motifs is 1. The molecule has 0 aliphatic carbocycles. The lowest BCUT2D eigenvalue weighted by Gasteiger charge is -2.21. The van der Waals surface area contributed by atoms with Gasteiger partial charge in [-0.15, -0.1) is 0 Å². The van der Waals surface area contributed by atoms with Crippen molar-refractivity contribution in [3.8, 4) is 5.75 Å². The Morgan fingerprint density at radius 3 is 3.06 bits per heavy atom. The van der Waals surface area contributed by atoms with Crippen LogP contribution in [0, 0.1) is 0 Å². The fraction of sp³-hybridized carbons (Fsp3) is 0.273. The van der Waals surface area contributed by atoms with Crippen LogP contribution in [0.25, 0.3) is 0 Å². The normalized spacial score (nSPS) is 13.4. The first-order valence-corrected chi connectivity index (χ1v) is 5.69. The minimum Gasteiger partial charge on any atom is -0.482 e. The van der Waals surface area contributed by atoms with Crippen molar-refractivity contribution in [2.45, 2.75) is 0 Å². The Kier molecular flexibility index (Phi) is 3.23. The van der Waals surface area contributed by atoms with Crippen LogP contribution >= 0.6 is 12.6 Å². The smallest absolute Gasteiger partial charge is 0.262 e. The van der Waals surface area contributed by atoms with Crippen LogP contribution in [-0.2, 0) is 9.59 Å². The predicted molar refractivity (Wildman–Crippen MR) is 67.8 cm³/mol. The summed E-state index contributed by atoms with van der Waals surface area (Å²) in [6, 6.07) is 5.19. The van der Waals surface area contributed by atoms with Crippen LogP contribution in [0.4, 0.5) is 11.4 Å². The molecule has 1 aliphatic heterocycles. The van der Waals surface area contributed by atoms with Crippen LogP contribution in [0.5, 0.6) is 5.75 Å². The largest absolute Gasteiger partial charge is 0.482 e. The number of rotatable bonds is 2. The summed E-state index contributed by atoms with van der Waals surface area (Å²) in [6.45, 7) is 0.0256. The highest BCUT2D eigenvalue weighted by molar-refractivity contribution is 7.81. The second-order valence-electron chi connectivity index (χ2n) is 3.63. The summed E-state index contributed by atoms with van der Waals surface area (Å²) in [4.78, 5) is 24.1. The van der Waals surface area contributed by atoms with E-state index in [1.807, 2.05) is 0 Å². The van der Waals surface area contributed by atoms with Gasteiger partial charge in [-0.05, 0) is 18.2 Å². The van der Waals surface area contributed by atoms with E-state index in [-0.39, 0.29) is 24.2 Å². The SMILES string of the molecule is CN(C(=O)CS)c1ccc2c(c1)NC(=O)CO2. The molecule has 0 saturated carbocycles. The molecular weight excluding hydrogens is 240 g/mol. The first kappa shape index (κ1) is 11.8. The Hall–Kier alpha value is -1.69. The van der Waals surface area contributed by atoms with E-state index in [2.05, 4.69) is 17.9 Å². The molecule has 1 heterocycles. The van der Waals surface area contributed by atoms with Crippen molar-refractivity contribution in [3.63, 3.8) is 0 Å². The Balaban J connectivity index is 2.29. The third kappa shape index (κ3) is 2.36. The van der Waals surface area contributed by atoms with Gasteiger partial charge >= 0.3 is 0 Å². The van der Waals surface area contributed by atoms with Crippen LogP contribution < -0.4 is 15.0 Å². The first-order valence-electron chi connectivity index (χ1n) is 5.06. The summed E-state index contributed by atoms with van der Waals surface area (Å²) < 4.78 is 5.23. The zero-order chi connectivity index (χ0) is 12.4. The third-order valence-corrected chi connectivity index (χ3v) is 2.76. The van der Waals surface area contributed by atoms with Crippen molar-refractivity contribution in [2.75, 3.05) is 29.6 Å². The van der Waals surface area contributed by atoms with Gasteiger partial charge in [0.15, 0.2) is 6.61 Å². The van der Waals surface area contributed by atoms with Gasteiger partial charge in [0, 0.05) is 12.7 Å². The monoisotopic (exact) mass is 252 g/mol. The summed E-state index contributed by atoms with van der Waals surface area (Å²) >= 11 is 3.93. The van der Waals surface area contributed by atoms with Gasteiger partial charge in [0.25, 0.3) is 5.91 Å². The Labute approximate surface area is 104 Å². The maximum Gasteiger partial charge on any atom is 0.262 e. The summed E-state index contributed by atoms with van der Waals surface area (Å²) in [5, 5.41) is 2.69. The fourth-order valence-corrected chi connectivity index (χ4v) is 1.74. The van der Waals surface area contributed by atoms with E-state index in [9.17, 15) is 9.59 Å². The molecule has 0 bridgehead atoms. The van der Waals surface area contributed by atoms with E-state index >= 15 is 0 Å². The Morgan fingerprint density at radius 1 is 1.59 bits per heavy atom. The third-order valence-electron chi connectivity index (χ3n) is 2.49. The van der Waals surface area contributed by atoms with Crippen LogP contribution in [0.2, 0.25) is 0 Å². The van der Waals surface area contributed by atoms with Crippen molar-refractivity contribution >= 4 is 35.8 Å². The van der Waals surface area contributed by atoms with Crippen LogP contribution in [0.1, 0.15) is 0 Å². The average Bonchev–Trinajstić information content (AvgIpc) is 2.36. The molecule has 2 rings (SSSR count). The second kappa shape index (κ2) is 4.67. The molecular formula is C11H12N2O3S. The molecule has 0 aromatic heterocycles. The summed E-state index contributed by atoms with van der Waals surface area (Å²) in [7, 11) is 1.66. The number of hydrogen-bond acceptors (Lipinski definition) is 4. The molecule has 0 spiro atoms. The number of nitrogens with one attached hydrogen (secondary N) is 1. The summed E-state index contributed by atoms with van der Waals surface area (Å²) in [5.41, 5.74) is 1.27. The molecule has 0 fully saturated rings. The lowest BCUT2D eigenvalue weighted by Crippen LogP contribution is -2.28. The van der Waals surface area contributed by atoms with Crippen molar-refractivity contribution in [1.29, 1.82) is 0 Å². The van der Waals surface area contributed by atoms with Crippen molar-refractivity contribution in [1.82, 2.24) is 0 Å². The lowest BCUT2D eigenvalue weighted by atomic mass is 10.2. The van der Waals surface area contributed by atoms with E-state index in [0.717, 1.165) is 0 Å². The molecule has 1 N–H and O–H groups in total. The van der Waals surface area contributed by atoms with Gasteiger partial charge in [0.1, 0.15) is 5.75 Å². The minimum absolute atomic E-state index is 0.0256. The van der Waals surface area contributed by atoms with Crippen LogP contribution in [-0.4, -0.2) is 31.2 Å². The molecule has 2 amide bonds. The number of carbonyl (C=O) groups is 2. The van der Waals surface area contributed by atoms with Gasteiger partial charge in [-0.25, -0.2) is 0 Å². The first-order chi connectivity index (χ1) is 8.11. The Bertz CT molecular complexity index is 476. The average molecular weight is 252 g/mol. The molecule has 90 valence electrons. The number of benzene rings is 1. The minimum atomic E-state index is -0.196. The molecule has 1 aliphatic rings. The van der Waals surface area contributed by atoms with Gasteiger partial charge in [-0.1, -0.05) is 0 Å². The second-order valence-corrected chi connectivity index (χ2v) is 3.94. The van der Waals surface area contributed by atoms with Gasteiger partial charge < -0.3 is 15.0 Å². The molecule has 0 unspecified atom stereocenters. The van der Waals surface area contributed by atoms with Gasteiger partial charge in [-0.3, -0.25) is 9.59 Å². The van der Waals surface area contributed by atoms with E-state index in [1.54, 1.807) is 25.2 Å². The van der Waals surface area contributed by atoms with E-state index in [4.69, 9.17) is 4.74 Å². The van der Waals surface area contributed by atoms with Crippen LogP contribution in [0.15, 0.2) is 18.2 Å². The molecule has 5 nitrogen and oxygen atoms in total. The number of ether oxygens (including phenoxy) is 1. The standard InChI is InChI=1S/C11H12N2O3S/c1-13(11(15)6-17)7-2-3-9-8(4-7)12-10(14)5-16-9/h2-4,17H,5-6H2,1H3,(H,12,14). The molecule has 0 radical (unpaired) electrons. The van der Waals surface area contributed by atoms with Gasteiger partial charge in [0.2, 0.25) is 5.91 Å². The summed E-state index contributed by atoms with van der Waals surface area (Å²) in [5.74, 6) is 0.436. The Morgan fingerprint density at radius 2 is 2.35 bits per heavy atom. The van der Waals surface area contributed by atoms with Gasteiger partial charge in [0.05, 0.1) is 11.4 Å². The lowest BCUT2D eigenvalue weighted by molar-refractivity contribution is -0.118. The van der Waals surface area contributed by atoms with E-state index in [1.165, 1.54) is 4.90 Å². The molecule has 0 saturated heterocycles. The molecule has 0 atom stereocenters. The molecule has 1 aromatic rings. The fourth-order valence-electron chi connectivity index (χ4n) is 1.53. The molecule has 6 heteroatoms. The van der Waals surface area contributed by atoms with Crippen LogP contribution in [0.3, 0.4) is 0 Å².